The van der Waals surface area contributed by atoms with Gasteiger partial charge in [0.25, 0.3) is 0 Å². The Kier molecular flexibility index (Phi) is 2.76. The van der Waals surface area contributed by atoms with Crippen LogP contribution in [0, 0.1) is 15.9 Å². The first-order chi connectivity index (χ1) is 8.49. The molecular formula is C10H5FN2O5. The van der Waals surface area contributed by atoms with Gasteiger partial charge in [0.2, 0.25) is 11.6 Å². The monoisotopic (exact) mass is 252 g/mol. The molecule has 0 radical (unpaired) electrons. The summed E-state index contributed by atoms with van der Waals surface area (Å²) in [4.78, 5) is 20.2. The van der Waals surface area contributed by atoms with Gasteiger partial charge in [-0.15, -0.1) is 0 Å². The summed E-state index contributed by atoms with van der Waals surface area (Å²) in [5, 5.41) is 22.6. The predicted octanol–water partition coefficient (Wildman–Crippen LogP) is 2.09. The summed E-state index contributed by atoms with van der Waals surface area (Å²) < 4.78 is 17.6. The molecule has 0 aliphatic heterocycles. The first-order valence-electron chi connectivity index (χ1n) is 4.63. The third-order valence-corrected chi connectivity index (χ3v) is 2.16. The number of benzene rings is 1. The van der Waals surface area contributed by atoms with Crippen molar-refractivity contribution >= 4 is 11.7 Å². The van der Waals surface area contributed by atoms with Gasteiger partial charge >= 0.3 is 11.7 Å². The van der Waals surface area contributed by atoms with Crippen molar-refractivity contribution in [3.05, 3.63) is 46.0 Å². The minimum absolute atomic E-state index is 0.0792. The van der Waals surface area contributed by atoms with Crippen molar-refractivity contribution in [1.82, 2.24) is 5.16 Å². The molecule has 7 nitrogen and oxygen atoms in total. The third-order valence-electron chi connectivity index (χ3n) is 2.16. The molecule has 0 amide bonds. The molecular weight excluding hydrogens is 247 g/mol. The summed E-state index contributed by atoms with van der Waals surface area (Å²) in [6.45, 7) is 0. The predicted molar refractivity (Wildman–Crippen MR) is 55.5 cm³/mol. The lowest BCUT2D eigenvalue weighted by Gasteiger charge is -1.97. The number of nitrogens with zero attached hydrogens (tertiary/aromatic N) is 2. The number of nitro groups is 1. The van der Waals surface area contributed by atoms with E-state index in [1.807, 2.05) is 0 Å². The van der Waals surface area contributed by atoms with E-state index in [1.54, 1.807) is 0 Å². The Bertz CT molecular complexity index is 637. The zero-order valence-corrected chi connectivity index (χ0v) is 8.66. The van der Waals surface area contributed by atoms with E-state index in [9.17, 15) is 19.3 Å². The number of carbonyl (C=O) groups is 1. The van der Waals surface area contributed by atoms with E-state index in [0.29, 0.717) is 0 Å². The molecule has 1 aromatic heterocycles. The quantitative estimate of drug-likeness (QED) is 0.662. The minimum atomic E-state index is -1.31. The molecule has 18 heavy (non-hydrogen) atoms. The SMILES string of the molecule is O=C(O)c1cc(-c2ccc(F)c([N+](=O)[O-])c2)no1. The second-order valence-corrected chi connectivity index (χ2v) is 3.30. The van der Waals surface area contributed by atoms with Gasteiger partial charge in [-0.1, -0.05) is 5.16 Å². The van der Waals surface area contributed by atoms with Crippen molar-refractivity contribution in [2.24, 2.45) is 0 Å². The van der Waals surface area contributed by atoms with E-state index in [-0.39, 0.29) is 11.3 Å². The lowest BCUT2D eigenvalue weighted by Crippen LogP contribution is -1.93. The van der Waals surface area contributed by atoms with Crippen LogP contribution >= 0.6 is 0 Å². The highest BCUT2D eigenvalue weighted by molar-refractivity contribution is 5.85. The fourth-order valence-electron chi connectivity index (χ4n) is 1.32. The lowest BCUT2D eigenvalue weighted by atomic mass is 10.1. The van der Waals surface area contributed by atoms with Gasteiger partial charge in [0.15, 0.2) is 0 Å². The Morgan fingerprint density at radius 3 is 2.72 bits per heavy atom. The Hall–Kier alpha value is -2.77. The molecule has 0 aliphatic rings. The van der Waals surface area contributed by atoms with Crippen molar-refractivity contribution < 1.29 is 23.7 Å². The van der Waals surface area contributed by atoms with Crippen molar-refractivity contribution in [3.63, 3.8) is 0 Å². The van der Waals surface area contributed by atoms with Crippen molar-refractivity contribution in [1.29, 1.82) is 0 Å². The van der Waals surface area contributed by atoms with Gasteiger partial charge in [0.05, 0.1) is 4.92 Å². The summed E-state index contributed by atoms with van der Waals surface area (Å²) >= 11 is 0. The molecule has 1 N–H and O–H groups in total. The van der Waals surface area contributed by atoms with E-state index in [4.69, 9.17) is 5.11 Å². The van der Waals surface area contributed by atoms with Crippen molar-refractivity contribution in [2.45, 2.75) is 0 Å². The Morgan fingerprint density at radius 2 is 2.17 bits per heavy atom. The van der Waals surface area contributed by atoms with Crippen LogP contribution in [0.15, 0.2) is 28.8 Å². The standard InChI is InChI=1S/C10H5FN2O5/c11-6-2-1-5(3-8(6)13(16)17)7-4-9(10(14)15)18-12-7/h1-4H,(H,14,15). The van der Waals surface area contributed by atoms with Crippen LogP contribution in [-0.4, -0.2) is 21.2 Å². The van der Waals surface area contributed by atoms with E-state index >= 15 is 0 Å². The molecule has 0 bridgehead atoms. The van der Waals surface area contributed by atoms with Gasteiger partial charge in [0.1, 0.15) is 5.69 Å². The largest absolute Gasteiger partial charge is 0.475 e. The van der Waals surface area contributed by atoms with E-state index in [2.05, 4.69) is 9.68 Å². The van der Waals surface area contributed by atoms with Crippen LogP contribution in [0.25, 0.3) is 11.3 Å². The molecule has 0 spiro atoms. The first-order valence-corrected chi connectivity index (χ1v) is 4.63. The highest BCUT2D eigenvalue weighted by Crippen LogP contribution is 2.26. The molecule has 0 saturated heterocycles. The Labute approximate surface area is 98.6 Å². The lowest BCUT2D eigenvalue weighted by molar-refractivity contribution is -0.387. The molecule has 0 unspecified atom stereocenters. The van der Waals surface area contributed by atoms with Crippen molar-refractivity contribution in [2.75, 3.05) is 0 Å². The van der Waals surface area contributed by atoms with Crippen molar-refractivity contribution in [3.8, 4) is 11.3 Å². The van der Waals surface area contributed by atoms with Gasteiger partial charge in [-0.25, -0.2) is 4.79 Å². The molecule has 0 atom stereocenters. The summed E-state index contributed by atoms with van der Waals surface area (Å²) in [6.07, 6.45) is 0. The van der Waals surface area contributed by atoms with Crippen LogP contribution in [0.1, 0.15) is 10.6 Å². The van der Waals surface area contributed by atoms with Gasteiger partial charge in [0, 0.05) is 17.7 Å². The van der Waals surface area contributed by atoms with Gasteiger partial charge in [-0.2, -0.15) is 4.39 Å². The first kappa shape index (κ1) is 11.7. The zero-order valence-electron chi connectivity index (χ0n) is 8.66. The molecule has 92 valence electrons. The maximum Gasteiger partial charge on any atom is 0.374 e. The van der Waals surface area contributed by atoms with E-state index in [0.717, 1.165) is 18.2 Å². The van der Waals surface area contributed by atoms with Crippen LogP contribution in [0.2, 0.25) is 0 Å². The van der Waals surface area contributed by atoms with Crippen LogP contribution in [-0.2, 0) is 0 Å². The number of hydrogen-bond donors (Lipinski definition) is 1. The van der Waals surface area contributed by atoms with E-state index in [1.165, 1.54) is 6.07 Å². The zero-order chi connectivity index (χ0) is 13.3. The average molecular weight is 252 g/mol. The van der Waals surface area contributed by atoms with Gasteiger partial charge < -0.3 is 9.63 Å². The summed E-state index contributed by atoms with van der Waals surface area (Å²) in [5.74, 6) is -2.70. The molecule has 0 fully saturated rings. The molecule has 2 rings (SSSR count). The number of carboxylic acid groups (broad SMARTS) is 1. The Balaban J connectivity index is 2.47. The molecule has 1 heterocycles. The molecule has 0 aliphatic carbocycles. The number of rotatable bonds is 3. The molecule has 2 aromatic rings. The van der Waals surface area contributed by atoms with Crippen LogP contribution in [0.5, 0.6) is 0 Å². The highest BCUT2D eigenvalue weighted by atomic mass is 19.1. The van der Waals surface area contributed by atoms with Crippen LogP contribution in [0.4, 0.5) is 10.1 Å². The fraction of sp³-hybridized carbons (Fsp3) is 0. The minimum Gasteiger partial charge on any atom is -0.475 e. The average Bonchev–Trinajstić information content (AvgIpc) is 2.78. The van der Waals surface area contributed by atoms with Gasteiger partial charge in [-0.3, -0.25) is 10.1 Å². The number of carboxylic acids is 1. The number of aromatic nitrogens is 1. The Morgan fingerprint density at radius 1 is 1.44 bits per heavy atom. The second-order valence-electron chi connectivity index (χ2n) is 3.30. The number of hydrogen-bond acceptors (Lipinski definition) is 5. The van der Waals surface area contributed by atoms with Crippen LogP contribution in [0.3, 0.4) is 0 Å². The topological polar surface area (TPSA) is 106 Å². The normalized spacial score (nSPS) is 10.3. The third kappa shape index (κ3) is 2.03. The number of halogens is 1. The molecule has 0 saturated carbocycles. The molecule has 8 heteroatoms. The summed E-state index contributed by atoms with van der Waals surface area (Å²) in [6, 6.07) is 4.20. The second kappa shape index (κ2) is 4.24. The van der Waals surface area contributed by atoms with Gasteiger partial charge in [-0.05, 0) is 12.1 Å². The number of nitro benzene ring substituents is 1. The summed E-state index contributed by atoms with van der Waals surface area (Å²) in [7, 11) is 0. The summed E-state index contributed by atoms with van der Waals surface area (Å²) in [5.41, 5.74) is -0.442. The van der Waals surface area contributed by atoms with E-state index < -0.39 is 28.2 Å². The smallest absolute Gasteiger partial charge is 0.374 e. The highest BCUT2D eigenvalue weighted by Gasteiger charge is 2.18. The fourth-order valence-corrected chi connectivity index (χ4v) is 1.32. The maximum absolute atomic E-state index is 13.1. The number of aromatic carboxylic acids is 1. The molecule has 1 aromatic carbocycles. The maximum atomic E-state index is 13.1. The van der Waals surface area contributed by atoms with Crippen LogP contribution < -0.4 is 0 Å².